The van der Waals surface area contributed by atoms with Crippen molar-refractivity contribution < 1.29 is 22.0 Å². The predicted molar refractivity (Wildman–Crippen MR) is 90.3 cm³/mol. The number of carbonyl (C=O) groups excluding carboxylic acids is 1. The molecule has 1 saturated heterocycles. The zero-order valence-corrected chi connectivity index (χ0v) is 15.4. The molecule has 1 heterocycles. The monoisotopic (exact) mass is 374 g/mol. The molecule has 1 aliphatic rings. The molecule has 0 saturated carbocycles. The summed E-state index contributed by atoms with van der Waals surface area (Å²) < 4.78 is 53.3. The summed E-state index contributed by atoms with van der Waals surface area (Å²) in [5.74, 6) is -1.84. The largest absolute Gasteiger partial charge is 0.353 e. The number of rotatable bonds is 5. The Balaban J connectivity index is 2.04. The maximum Gasteiger partial charge on any atom is 0.246 e. The standard InChI is InChI=1S/C17H24F2N2O3S/c1-11(2)12(3)20-17(22)13-6-8-21(9-7-13)25(23,24)16-10-14(18)4-5-15(16)19/h4-5,10-13H,6-9H2,1-3H3,(H,20,22). The molecule has 1 unspecified atom stereocenters. The molecule has 25 heavy (non-hydrogen) atoms. The van der Waals surface area contributed by atoms with Crippen molar-refractivity contribution in [3.8, 4) is 0 Å². The van der Waals surface area contributed by atoms with Gasteiger partial charge in [0.1, 0.15) is 16.5 Å². The molecule has 1 atom stereocenters. The minimum atomic E-state index is -4.11. The Kier molecular flexibility index (Phi) is 6.16. The molecule has 0 spiro atoms. The summed E-state index contributed by atoms with van der Waals surface area (Å²) in [6, 6.07) is 2.40. The summed E-state index contributed by atoms with van der Waals surface area (Å²) in [5, 5.41) is 2.93. The van der Waals surface area contributed by atoms with E-state index in [4.69, 9.17) is 0 Å². The van der Waals surface area contributed by atoms with E-state index in [9.17, 15) is 22.0 Å². The van der Waals surface area contributed by atoms with E-state index in [0.717, 1.165) is 16.4 Å². The Morgan fingerprint density at radius 3 is 2.36 bits per heavy atom. The molecule has 5 nitrogen and oxygen atoms in total. The van der Waals surface area contributed by atoms with E-state index in [0.29, 0.717) is 24.8 Å². The molecule has 1 amide bonds. The van der Waals surface area contributed by atoms with Crippen molar-refractivity contribution in [2.45, 2.75) is 44.6 Å². The first-order valence-electron chi connectivity index (χ1n) is 8.38. The molecular weight excluding hydrogens is 350 g/mol. The van der Waals surface area contributed by atoms with Gasteiger partial charge in [-0.3, -0.25) is 4.79 Å². The molecule has 1 N–H and O–H groups in total. The number of sulfonamides is 1. The number of benzene rings is 1. The van der Waals surface area contributed by atoms with Crippen molar-refractivity contribution in [2.24, 2.45) is 11.8 Å². The molecule has 0 radical (unpaired) electrons. The van der Waals surface area contributed by atoms with Gasteiger partial charge in [-0.25, -0.2) is 17.2 Å². The van der Waals surface area contributed by atoms with Crippen molar-refractivity contribution in [2.75, 3.05) is 13.1 Å². The van der Waals surface area contributed by atoms with Gasteiger partial charge >= 0.3 is 0 Å². The lowest BCUT2D eigenvalue weighted by Gasteiger charge is -2.31. The van der Waals surface area contributed by atoms with Gasteiger partial charge in [0, 0.05) is 25.0 Å². The summed E-state index contributed by atoms with van der Waals surface area (Å²) in [7, 11) is -4.11. The van der Waals surface area contributed by atoms with E-state index in [1.54, 1.807) is 0 Å². The van der Waals surface area contributed by atoms with Gasteiger partial charge in [0.15, 0.2) is 0 Å². The van der Waals surface area contributed by atoms with Gasteiger partial charge in [-0.2, -0.15) is 4.31 Å². The molecule has 8 heteroatoms. The first-order chi connectivity index (χ1) is 11.6. The van der Waals surface area contributed by atoms with Gasteiger partial charge in [0.25, 0.3) is 0 Å². The average molecular weight is 374 g/mol. The second-order valence-corrected chi connectivity index (χ2v) is 8.70. The van der Waals surface area contributed by atoms with Crippen molar-refractivity contribution >= 4 is 15.9 Å². The van der Waals surface area contributed by atoms with Gasteiger partial charge in [0.05, 0.1) is 0 Å². The minimum Gasteiger partial charge on any atom is -0.353 e. The summed E-state index contributed by atoms with van der Waals surface area (Å²) in [5.41, 5.74) is 0. The molecule has 0 bridgehead atoms. The van der Waals surface area contributed by atoms with Gasteiger partial charge < -0.3 is 5.32 Å². The first kappa shape index (κ1) is 19.8. The topological polar surface area (TPSA) is 66.5 Å². The number of halogens is 2. The number of hydrogen-bond acceptors (Lipinski definition) is 3. The molecule has 1 aromatic carbocycles. The van der Waals surface area contributed by atoms with Crippen LogP contribution in [0.25, 0.3) is 0 Å². The van der Waals surface area contributed by atoms with Crippen LogP contribution in [0.3, 0.4) is 0 Å². The quantitative estimate of drug-likeness (QED) is 0.861. The van der Waals surface area contributed by atoms with Gasteiger partial charge in [-0.1, -0.05) is 13.8 Å². The lowest BCUT2D eigenvalue weighted by atomic mass is 9.96. The highest BCUT2D eigenvalue weighted by Gasteiger charge is 2.34. The highest BCUT2D eigenvalue weighted by Crippen LogP contribution is 2.26. The maximum atomic E-state index is 13.8. The third-order valence-electron chi connectivity index (χ3n) is 4.71. The van der Waals surface area contributed by atoms with Crippen LogP contribution >= 0.6 is 0 Å². The van der Waals surface area contributed by atoms with Crippen LogP contribution < -0.4 is 5.32 Å². The number of amides is 1. The van der Waals surface area contributed by atoms with Crippen LogP contribution in [-0.2, 0) is 14.8 Å². The zero-order chi connectivity index (χ0) is 18.8. The third-order valence-corrected chi connectivity index (χ3v) is 6.62. The number of piperidine rings is 1. The van der Waals surface area contributed by atoms with E-state index in [2.05, 4.69) is 5.32 Å². The Morgan fingerprint density at radius 1 is 1.20 bits per heavy atom. The van der Waals surface area contributed by atoms with Crippen LogP contribution in [0.4, 0.5) is 8.78 Å². The molecule has 0 aromatic heterocycles. The van der Waals surface area contributed by atoms with Crippen molar-refractivity contribution in [3.63, 3.8) is 0 Å². The van der Waals surface area contributed by atoms with Crippen molar-refractivity contribution in [3.05, 3.63) is 29.8 Å². The number of hydrogen-bond donors (Lipinski definition) is 1. The second-order valence-electron chi connectivity index (χ2n) is 6.79. The van der Waals surface area contributed by atoms with Crippen LogP contribution in [0, 0.1) is 23.5 Å². The lowest BCUT2D eigenvalue weighted by molar-refractivity contribution is -0.127. The molecule has 1 aromatic rings. The molecule has 1 fully saturated rings. The van der Waals surface area contributed by atoms with E-state index in [1.165, 1.54) is 0 Å². The summed E-state index contributed by atoms with van der Waals surface area (Å²) in [6.45, 7) is 6.15. The number of carbonyl (C=O) groups is 1. The second kappa shape index (κ2) is 7.78. The molecule has 0 aliphatic carbocycles. The van der Waals surface area contributed by atoms with Crippen molar-refractivity contribution in [1.29, 1.82) is 0 Å². The van der Waals surface area contributed by atoms with Gasteiger partial charge in [-0.05, 0) is 43.9 Å². The fourth-order valence-corrected chi connectivity index (χ4v) is 4.23. The SMILES string of the molecule is CC(C)C(C)NC(=O)C1CCN(S(=O)(=O)c2cc(F)ccc2F)CC1. The smallest absolute Gasteiger partial charge is 0.246 e. The summed E-state index contributed by atoms with van der Waals surface area (Å²) in [6.07, 6.45) is 0.708. The zero-order valence-electron chi connectivity index (χ0n) is 14.6. The molecule has 2 rings (SSSR count). The van der Waals surface area contributed by atoms with E-state index >= 15 is 0 Å². The van der Waals surface area contributed by atoms with Gasteiger partial charge in [-0.15, -0.1) is 0 Å². The van der Waals surface area contributed by atoms with Gasteiger partial charge in [0.2, 0.25) is 15.9 Å². The first-order valence-corrected chi connectivity index (χ1v) is 9.82. The Morgan fingerprint density at radius 2 is 1.80 bits per heavy atom. The normalized spacial score (nSPS) is 18.3. The third kappa shape index (κ3) is 4.55. The average Bonchev–Trinajstić information content (AvgIpc) is 2.56. The van der Waals surface area contributed by atoms with Crippen molar-refractivity contribution in [1.82, 2.24) is 9.62 Å². The molecule has 140 valence electrons. The van der Waals surface area contributed by atoms with Crippen LogP contribution in [0.2, 0.25) is 0 Å². The summed E-state index contributed by atoms with van der Waals surface area (Å²) in [4.78, 5) is 11.6. The van der Waals surface area contributed by atoms with Crippen LogP contribution in [0.15, 0.2) is 23.1 Å². The van der Waals surface area contributed by atoms with E-state index < -0.39 is 26.6 Å². The van der Waals surface area contributed by atoms with E-state index in [1.807, 2.05) is 20.8 Å². The number of nitrogens with one attached hydrogen (secondary N) is 1. The molecular formula is C17H24F2N2O3S. The molecule has 1 aliphatic heterocycles. The maximum absolute atomic E-state index is 13.8. The van der Waals surface area contributed by atoms with E-state index in [-0.39, 0.29) is 31.0 Å². The highest BCUT2D eigenvalue weighted by atomic mass is 32.2. The fourth-order valence-electron chi connectivity index (χ4n) is 2.68. The summed E-state index contributed by atoms with van der Waals surface area (Å²) >= 11 is 0. The lowest BCUT2D eigenvalue weighted by Crippen LogP contribution is -2.45. The van der Waals surface area contributed by atoms with Crippen LogP contribution in [-0.4, -0.2) is 37.8 Å². The Bertz CT molecular complexity index is 729. The Labute approximate surface area is 147 Å². The highest BCUT2D eigenvalue weighted by molar-refractivity contribution is 7.89. The predicted octanol–water partition coefficient (Wildman–Crippen LogP) is 2.53. The van der Waals surface area contributed by atoms with Crippen LogP contribution in [0.5, 0.6) is 0 Å². The fraction of sp³-hybridized carbons (Fsp3) is 0.588. The van der Waals surface area contributed by atoms with Crippen LogP contribution in [0.1, 0.15) is 33.6 Å². The number of nitrogens with zero attached hydrogens (tertiary/aromatic N) is 1. The minimum absolute atomic E-state index is 0.0376. The Hall–Kier alpha value is -1.54.